The number of aromatic nitrogens is 1. The van der Waals surface area contributed by atoms with Gasteiger partial charge in [-0.15, -0.1) is 0 Å². The molecule has 0 spiro atoms. The molecule has 1 aromatic heterocycles. The third-order valence-electron chi connectivity index (χ3n) is 3.24. The average molecular weight is 265 g/mol. The van der Waals surface area contributed by atoms with Crippen LogP contribution in [-0.2, 0) is 0 Å². The van der Waals surface area contributed by atoms with Gasteiger partial charge in [0, 0.05) is 12.4 Å². The Bertz CT molecular complexity index is 732. The zero-order valence-corrected chi connectivity index (χ0v) is 11.2. The molecule has 0 aliphatic heterocycles. The maximum Gasteiger partial charge on any atom is 0.271 e. The highest BCUT2D eigenvalue weighted by atomic mass is 16.5. The van der Waals surface area contributed by atoms with E-state index in [1.807, 2.05) is 54.6 Å². The minimum Gasteiger partial charge on any atom is -0.481 e. The largest absolute Gasteiger partial charge is 0.481 e. The minimum absolute atomic E-state index is 0.0804. The van der Waals surface area contributed by atoms with Gasteiger partial charge in [0.25, 0.3) is 5.91 Å². The molecule has 2 aromatic carbocycles. The van der Waals surface area contributed by atoms with Gasteiger partial charge < -0.3 is 4.74 Å². The number of ether oxygens (including phenoxy) is 1. The quantitative estimate of drug-likeness (QED) is 0.722. The molecule has 0 aliphatic rings. The van der Waals surface area contributed by atoms with E-state index in [9.17, 15) is 4.79 Å². The summed E-state index contributed by atoms with van der Waals surface area (Å²) >= 11 is 0. The second kappa shape index (κ2) is 5.21. The Morgan fingerprint density at radius 3 is 2.45 bits per heavy atom. The van der Waals surface area contributed by atoms with Gasteiger partial charge in [-0.3, -0.25) is 9.36 Å². The molecular weight excluding hydrogens is 250 g/mol. The lowest BCUT2D eigenvalue weighted by Gasteiger charge is -2.14. The SMILES string of the molecule is CC(Oc1ccc2ccccc2c1)C(=O)n1cccc1. The second-order valence-electron chi connectivity index (χ2n) is 4.70. The van der Waals surface area contributed by atoms with Gasteiger partial charge in [0.1, 0.15) is 5.75 Å². The summed E-state index contributed by atoms with van der Waals surface area (Å²) in [6.07, 6.45) is 2.93. The van der Waals surface area contributed by atoms with Crippen LogP contribution in [0.2, 0.25) is 0 Å². The molecule has 3 rings (SSSR count). The Morgan fingerprint density at radius 1 is 1.00 bits per heavy atom. The first-order valence-corrected chi connectivity index (χ1v) is 6.57. The third-order valence-corrected chi connectivity index (χ3v) is 3.24. The van der Waals surface area contributed by atoms with Crippen LogP contribution < -0.4 is 4.74 Å². The van der Waals surface area contributed by atoms with Crippen LogP contribution in [0.25, 0.3) is 10.8 Å². The molecular formula is C17H15NO2. The zero-order chi connectivity index (χ0) is 13.9. The van der Waals surface area contributed by atoms with Gasteiger partial charge >= 0.3 is 0 Å². The van der Waals surface area contributed by atoms with Crippen molar-refractivity contribution >= 4 is 16.7 Å². The maximum atomic E-state index is 12.1. The third kappa shape index (κ3) is 2.43. The Labute approximate surface area is 117 Å². The highest BCUT2D eigenvalue weighted by Crippen LogP contribution is 2.21. The lowest BCUT2D eigenvalue weighted by atomic mass is 10.1. The van der Waals surface area contributed by atoms with E-state index in [-0.39, 0.29) is 5.91 Å². The van der Waals surface area contributed by atoms with Crippen LogP contribution in [0.5, 0.6) is 5.75 Å². The van der Waals surface area contributed by atoms with Crippen molar-refractivity contribution in [2.45, 2.75) is 13.0 Å². The molecule has 0 radical (unpaired) electrons. The van der Waals surface area contributed by atoms with Crippen LogP contribution >= 0.6 is 0 Å². The van der Waals surface area contributed by atoms with Crippen LogP contribution in [0.4, 0.5) is 0 Å². The standard InChI is InChI=1S/C17H15NO2/c1-13(17(19)18-10-4-5-11-18)20-16-9-8-14-6-2-3-7-15(14)12-16/h2-13H,1H3. The number of carbonyl (C=O) groups excluding carboxylic acids is 1. The molecule has 100 valence electrons. The molecule has 3 heteroatoms. The van der Waals surface area contributed by atoms with Crippen LogP contribution in [0.3, 0.4) is 0 Å². The van der Waals surface area contributed by atoms with Crippen molar-refractivity contribution in [2.75, 3.05) is 0 Å². The Balaban J connectivity index is 1.80. The molecule has 0 saturated carbocycles. The molecule has 1 atom stereocenters. The van der Waals surface area contributed by atoms with Crippen molar-refractivity contribution in [3.63, 3.8) is 0 Å². The fourth-order valence-corrected chi connectivity index (χ4v) is 2.19. The predicted octanol–water partition coefficient (Wildman–Crippen LogP) is 3.75. The van der Waals surface area contributed by atoms with Crippen LogP contribution in [0, 0.1) is 0 Å². The molecule has 20 heavy (non-hydrogen) atoms. The molecule has 1 heterocycles. The lowest BCUT2D eigenvalue weighted by molar-refractivity contribution is 0.0728. The van der Waals surface area contributed by atoms with Crippen LogP contribution in [0.15, 0.2) is 67.0 Å². The first-order valence-electron chi connectivity index (χ1n) is 6.57. The molecule has 0 bridgehead atoms. The second-order valence-corrected chi connectivity index (χ2v) is 4.70. The van der Waals surface area contributed by atoms with Crippen molar-refractivity contribution < 1.29 is 9.53 Å². The van der Waals surface area contributed by atoms with Gasteiger partial charge in [-0.2, -0.15) is 0 Å². The van der Waals surface area contributed by atoms with Gasteiger partial charge in [0.15, 0.2) is 6.10 Å². The van der Waals surface area contributed by atoms with Crippen molar-refractivity contribution in [3.05, 3.63) is 67.0 Å². The number of fused-ring (bicyclic) bond motifs is 1. The van der Waals surface area contributed by atoms with E-state index in [0.717, 1.165) is 10.8 Å². The van der Waals surface area contributed by atoms with E-state index in [4.69, 9.17) is 4.74 Å². The average Bonchev–Trinajstić information content (AvgIpc) is 3.00. The van der Waals surface area contributed by atoms with E-state index in [0.29, 0.717) is 5.75 Å². The van der Waals surface area contributed by atoms with Crippen molar-refractivity contribution in [1.29, 1.82) is 0 Å². The summed E-state index contributed by atoms with van der Waals surface area (Å²) in [6, 6.07) is 17.5. The van der Waals surface area contributed by atoms with Gasteiger partial charge in [-0.25, -0.2) is 0 Å². The van der Waals surface area contributed by atoms with Crippen molar-refractivity contribution in [3.8, 4) is 5.75 Å². The summed E-state index contributed by atoms with van der Waals surface area (Å²) in [6.45, 7) is 1.76. The van der Waals surface area contributed by atoms with Gasteiger partial charge in [-0.1, -0.05) is 30.3 Å². The number of benzene rings is 2. The minimum atomic E-state index is -0.524. The fourth-order valence-electron chi connectivity index (χ4n) is 2.19. The summed E-state index contributed by atoms with van der Waals surface area (Å²) in [5.74, 6) is 0.625. The monoisotopic (exact) mass is 265 g/mol. The topological polar surface area (TPSA) is 31.2 Å². The molecule has 0 aliphatic carbocycles. The first-order chi connectivity index (χ1) is 9.74. The number of hydrogen-bond acceptors (Lipinski definition) is 2. The van der Waals surface area contributed by atoms with Gasteiger partial charge in [0.2, 0.25) is 0 Å². The molecule has 0 fully saturated rings. The molecule has 0 saturated heterocycles. The van der Waals surface area contributed by atoms with E-state index in [2.05, 4.69) is 0 Å². The van der Waals surface area contributed by atoms with Gasteiger partial charge in [-0.05, 0) is 42.0 Å². The van der Waals surface area contributed by atoms with Crippen LogP contribution in [0.1, 0.15) is 11.7 Å². The maximum absolute atomic E-state index is 12.1. The number of rotatable bonds is 3. The Morgan fingerprint density at radius 2 is 1.70 bits per heavy atom. The zero-order valence-electron chi connectivity index (χ0n) is 11.2. The smallest absolute Gasteiger partial charge is 0.271 e. The Kier molecular flexibility index (Phi) is 3.25. The van der Waals surface area contributed by atoms with E-state index in [1.54, 1.807) is 19.3 Å². The van der Waals surface area contributed by atoms with Gasteiger partial charge in [0.05, 0.1) is 0 Å². The molecule has 0 amide bonds. The normalized spacial score (nSPS) is 12.2. The number of nitrogens with zero attached hydrogens (tertiary/aromatic N) is 1. The van der Waals surface area contributed by atoms with Crippen molar-refractivity contribution in [1.82, 2.24) is 4.57 Å². The summed E-state index contributed by atoms with van der Waals surface area (Å²) < 4.78 is 7.27. The van der Waals surface area contributed by atoms with E-state index >= 15 is 0 Å². The lowest BCUT2D eigenvalue weighted by Crippen LogP contribution is -2.28. The number of hydrogen-bond donors (Lipinski definition) is 0. The van der Waals surface area contributed by atoms with E-state index < -0.39 is 6.10 Å². The molecule has 0 N–H and O–H groups in total. The van der Waals surface area contributed by atoms with Crippen molar-refractivity contribution in [2.24, 2.45) is 0 Å². The van der Waals surface area contributed by atoms with E-state index in [1.165, 1.54) is 4.57 Å². The Hall–Kier alpha value is -2.55. The predicted molar refractivity (Wildman–Crippen MR) is 79.1 cm³/mol. The van der Waals surface area contributed by atoms with Crippen LogP contribution in [-0.4, -0.2) is 16.6 Å². The molecule has 3 aromatic rings. The summed E-state index contributed by atoms with van der Waals surface area (Å²) in [5, 5.41) is 2.26. The molecule has 1 unspecified atom stereocenters. The first kappa shape index (κ1) is 12.5. The highest BCUT2D eigenvalue weighted by Gasteiger charge is 2.15. The molecule has 3 nitrogen and oxygen atoms in total. The number of carbonyl (C=O) groups is 1. The fraction of sp³-hybridized carbons (Fsp3) is 0.118. The summed E-state index contributed by atoms with van der Waals surface area (Å²) in [4.78, 5) is 12.1. The summed E-state index contributed by atoms with van der Waals surface area (Å²) in [7, 11) is 0. The highest BCUT2D eigenvalue weighted by molar-refractivity contribution is 5.85. The summed E-state index contributed by atoms with van der Waals surface area (Å²) in [5.41, 5.74) is 0.